The Balaban J connectivity index is 2.10. The third-order valence-electron chi connectivity index (χ3n) is 3.18. The minimum absolute atomic E-state index is 0.278. The Hall–Kier alpha value is -3.02. The van der Waals surface area contributed by atoms with Crippen LogP contribution in [-0.2, 0) is 4.79 Å². The summed E-state index contributed by atoms with van der Waals surface area (Å²) in [7, 11) is 2.99. The molecule has 0 bridgehead atoms. The zero-order chi connectivity index (χ0) is 17.5. The molecule has 0 radical (unpaired) electrons. The van der Waals surface area contributed by atoms with Crippen LogP contribution in [0.25, 0.3) is 0 Å². The maximum atomic E-state index is 12.3. The third kappa shape index (κ3) is 4.25. The molecular weight excluding hydrogens is 312 g/mol. The Labute approximate surface area is 139 Å². The van der Waals surface area contributed by atoms with E-state index in [2.05, 4.69) is 0 Å². The normalized spacial score (nSPS) is 9.96. The second kappa shape index (κ2) is 8.01. The zero-order valence-electron chi connectivity index (χ0n) is 13.7. The summed E-state index contributed by atoms with van der Waals surface area (Å²) < 4.78 is 20.6. The summed E-state index contributed by atoms with van der Waals surface area (Å²) in [5.41, 5.74) is 0.278. The van der Waals surface area contributed by atoms with Gasteiger partial charge in [-0.1, -0.05) is 6.92 Å². The molecule has 6 heteroatoms. The van der Waals surface area contributed by atoms with Gasteiger partial charge in [-0.15, -0.1) is 0 Å². The smallest absolute Gasteiger partial charge is 0.347 e. The Morgan fingerprint density at radius 3 is 1.96 bits per heavy atom. The average molecular weight is 330 g/mol. The molecule has 0 amide bonds. The first-order valence-corrected chi connectivity index (χ1v) is 7.32. The molecule has 0 aliphatic heterocycles. The molecule has 2 rings (SSSR count). The Morgan fingerprint density at radius 1 is 0.833 bits per heavy atom. The third-order valence-corrected chi connectivity index (χ3v) is 3.18. The second-order valence-electron chi connectivity index (χ2n) is 4.75. The van der Waals surface area contributed by atoms with Crippen molar-refractivity contribution >= 4 is 11.9 Å². The fraction of sp³-hybridized carbons (Fsp3) is 0.222. The van der Waals surface area contributed by atoms with Crippen molar-refractivity contribution in [2.24, 2.45) is 0 Å². The highest BCUT2D eigenvalue weighted by atomic mass is 16.5. The molecule has 0 fully saturated rings. The number of methoxy groups -OCH3 is 2. The van der Waals surface area contributed by atoms with Crippen LogP contribution in [0, 0.1) is 0 Å². The first-order chi connectivity index (χ1) is 11.6. The van der Waals surface area contributed by atoms with Crippen LogP contribution in [0.2, 0.25) is 0 Å². The molecule has 2 aromatic rings. The number of esters is 2. The monoisotopic (exact) mass is 330 g/mol. The van der Waals surface area contributed by atoms with E-state index in [1.807, 2.05) is 0 Å². The number of hydrogen-bond acceptors (Lipinski definition) is 6. The van der Waals surface area contributed by atoms with Crippen LogP contribution < -0.4 is 18.9 Å². The molecule has 0 unspecified atom stereocenters. The van der Waals surface area contributed by atoms with Crippen molar-refractivity contribution in [3.63, 3.8) is 0 Å². The van der Waals surface area contributed by atoms with Gasteiger partial charge in [-0.25, -0.2) is 4.79 Å². The number of ether oxygens (including phenoxy) is 4. The molecule has 0 aromatic heterocycles. The lowest BCUT2D eigenvalue weighted by atomic mass is 10.2. The van der Waals surface area contributed by atoms with E-state index in [0.29, 0.717) is 23.0 Å². The zero-order valence-corrected chi connectivity index (χ0v) is 13.7. The molecule has 0 aliphatic carbocycles. The van der Waals surface area contributed by atoms with Crippen LogP contribution in [0.4, 0.5) is 0 Å². The van der Waals surface area contributed by atoms with Crippen LogP contribution >= 0.6 is 0 Å². The van der Waals surface area contributed by atoms with Gasteiger partial charge in [-0.3, -0.25) is 4.79 Å². The van der Waals surface area contributed by atoms with Crippen molar-refractivity contribution in [1.82, 2.24) is 0 Å². The molecule has 0 N–H and O–H groups in total. The molecule has 0 saturated carbocycles. The molecule has 6 nitrogen and oxygen atoms in total. The number of rotatable bonds is 6. The topological polar surface area (TPSA) is 71.1 Å². The van der Waals surface area contributed by atoms with Crippen LogP contribution in [0.3, 0.4) is 0 Å². The Bertz CT molecular complexity index is 721. The van der Waals surface area contributed by atoms with E-state index in [1.165, 1.54) is 14.2 Å². The summed E-state index contributed by atoms with van der Waals surface area (Å²) in [6.45, 7) is 1.71. The summed E-state index contributed by atoms with van der Waals surface area (Å²) in [5.74, 6) is 0.756. The van der Waals surface area contributed by atoms with Crippen LogP contribution in [0.5, 0.6) is 23.0 Å². The Kier molecular flexibility index (Phi) is 5.78. The highest BCUT2D eigenvalue weighted by Crippen LogP contribution is 2.26. The maximum Gasteiger partial charge on any atom is 0.347 e. The quantitative estimate of drug-likeness (QED) is 0.598. The molecule has 0 heterocycles. The van der Waals surface area contributed by atoms with E-state index in [4.69, 9.17) is 18.9 Å². The van der Waals surface area contributed by atoms with Crippen LogP contribution in [0.15, 0.2) is 42.5 Å². The molecule has 0 aliphatic rings. The van der Waals surface area contributed by atoms with Crippen LogP contribution in [0.1, 0.15) is 23.7 Å². The first-order valence-electron chi connectivity index (χ1n) is 7.32. The fourth-order valence-corrected chi connectivity index (χ4v) is 1.91. The van der Waals surface area contributed by atoms with Crippen molar-refractivity contribution in [2.75, 3.05) is 14.2 Å². The number of carbonyl (C=O) groups excluding carboxylic acids is 2. The van der Waals surface area contributed by atoms with Crippen molar-refractivity contribution < 1.29 is 28.5 Å². The van der Waals surface area contributed by atoms with E-state index in [0.717, 1.165) is 0 Å². The van der Waals surface area contributed by atoms with E-state index < -0.39 is 5.97 Å². The lowest BCUT2D eigenvalue weighted by Gasteiger charge is -2.10. The van der Waals surface area contributed by atoms with E-state index in [1.54, 1.807) is 49.4 Å². The van der Waals surface area contributed by atoms with Crippen molar-refractivity contribution in [3.05, 3.63) is 48.0 Å². The fourth-order valence-electron chi connectivity index (χ4n) is 1.91. The first kappa shape index (κ1) is 17.3. The standard InChI is InChI=1S/C18H18O6/c1-4-17(19)23-12-5-7-13(8-6-12)24-18(20)15-10-9-14(21-2)11-16(15)22-3/h5-11H,4H2,1-3H3. The predicted molar refractivity (Wildman–Crippen MR) is 86.9 cm³/mol. The molecule has 126 valence electrons. The Morgan fingerprint density at radius 2 is 1.42 bits per heavy atom. The van der Waals surface area contributed by atoms with E-state index in [-0.39, 0.29) is 18.0 Å². The molecule has 24 heavy (non-hydrogen) atoms. The van der Waals surface area contributed by atoms with Gasteiger partial charge < -0.3 is 18.9 Å². The van der Waals surface area contributed by atoms with Gasteiger partial charge in [0.25, 0.3) is 0 Å². The number of benzene rings is 2. The summed E-state index contributed by atoms with van der Waals surface area (Å²) >= 11 is 0. The number of hydrogen-bond donors (Lipinski definition) is 0. The largest absolute Gasteiger partial charge is 0.497 e. The van der Waals surface area contributed by atoms with Gasteiger partial charge in [0.2, 0.25) is 0 Å². The summed E-state index contributed by atoms with van der Waals surface area (Å²) in [6, 6.07) is 11.0. The highest BCUT2D eigenvalue weighted by Gasteiger charge is 2.15. The molecule has 0 atom stereocenters. The minimum Gasteiger partial charge on any atom is -0.497 e. The molecule has 0 saturated heterocycles. The highest BCUT2D eigenvalue weighted by molar-refractivity contribution is 5.94. The van der Waals surface area contributed by atoms with Gasteiger partial charge in [-0.2, -0.15) is 0 Å². The van der Waals surface area contributed by atoms with E-state index >= 15 is 0 Å². The molecule has 0 spiro atoms. The van der Waals surface area contributed by atoms with Gasteiger partial charge in [0.1, 0.15) is 28.6 Å². The van der Waals surface area contributed by atoms with Crippen molar-refractivity contribution in [2.45, 2.75) is 13.3 Å². The summed E-state index contributed by atoms with van der Waals surface area (Å²) in [6.07, 6.45) is 0.286. The molecule has 2 aromatic carbocycles. The van der Waals surface area contributed by atoms with Gasteiger partial charge in [0.05, 0.1) is 14.2 Å². The van der Waals surface area contributed by atoms with Gasteiger partial charge in [0, 0.05) is 12.5 Å². The minimum atomic E-state index is -0.562. The van der Waals surface area contributed by atoms with Gasteiger partial charge in [0.15, 0.2) is 0 Å². The average Bonchev–Trinajstić information content (AvgIpc) is 2.62. The maximum absolute atomic E-state index is 12.3. The SMILES string of the molecule is CCC(=O)Oc1ccc(OC(=O)c2ccc(OC)cc2OC)cc1. The van der Waals surface area contributed by atoms with E-state index in [9.17, 15) is 9.59 Å². The van der Waals surface area contributed by atoms with Crippen molar-refractivity contribution in [3.8, 4) is 23.0 Å². The lowest BCUT2D eigenvalue weighted by molar-refractivity contribution is -0.134. The van der Waals surface area contributed by atoms with Gasteiger partial charge in [-0.05, 0) is 36.4 Å². The predicted octanol–water partition coefficient (Wildman–Crippen LogP) is 3.24. The lowest BCUT2D eigenvalue weighted by Crippen LogP contribution is -2.10. The van der Waals surface area contributed by atoms with Gasteiger partial charge >= 0.3 is 11.9 Å². The summed E-state index contributed by atoms with van der Waals surface area (Å²) in [4.78, 5) is 23.5. The number of carbonyl (C=O) groups is 2. The van der Waals surface area contributed by atoms with Crippen molar-refractivity contribution in [1.29, 1.82) is 0 Å². The summed E-state index contributed by atoms with van der Waals surface area (Å²) in [5, 5.41) is 0. The van der Waals surface area contributed by atoms with Crippen LogP contribution in [-0.4, -0.2) is 26.2 Å². The molecular formula is C18H18O6. The second-order valence-corrected chi connectivity index (χ2v) is 4.75.